The average Bonchev–Trinajstić information content (AvgIpc) is 2.47. The lowest BCUT2D eigenvalue weighted by atomic mass is 9.76. The Hall–Kier alpha value is -1.91. The highest BCUT2D eigenvalue weighted by molar-refractivity contribution is 5.95. The number of amides is 1. The van der Waals surface area contributed by atoms with Crippen LogP contribution in [-0.4, -0.2) is 40.0 Å². The summed E-state index contributed by atoms with van der Waals surface area (Å²) < 4.78 is 0. The molecule has 0 saturated carbocycles. The van der Waals surface area contributed by atoms with Crippen LogP contribution >= 0.6 is 0 Å². The first kappa shape index (κ1) is 14.5. The lowest BCUT2D eigenvalue weighted by Gasteiger charge is -2.38. The third-order valence-corrected chi connectivity index (χ3v) is 4.38. The molecule has 0 bridgehead atoms. The number of hydrogen-bond donors (Lipinski definition) is 1. The molecule has 1 saturated heterocycles. The molecule has 1 amide bonds. The number of carboxylic acids is 1. The molecule has 0 spiro atoms. The van der Waals surface area contributed by atoms with E-state index in [0.717, 1.165) is 0 Å². The highest BCUT2D eigenvalue weighted by Crippen LogP contribution is 2.35. The Labute approximate surface area is 118 Å². The topological polar surface area (TPSA) is 70.5 Å². The summed E-state index contributed by atoms with van der Waals surface area (Å²) in [6, 6.07) is 3.52. The smallest absolute Gasteiger partial charge is 0.309 e. The van der Waals surface area contributed by atoms with Gasteiger partial charge in [0.05, 0.1) is 11.0 Å². The Kier molecular flexibility index (Phi) is 4.06. The molecule has 0 radical (unpaired) electrons. The zero-order valence-corrected chi connectivity index (χ0v) is 11.9. The normalized spacial score (nSPS) is 17.8. The van der Waals surface area contributed by atoms with Gasteiger partial charge >= 0.3 is 5.97 Å². The van der Waals surface area contributed by atoms with Crippen LogP contribution in [0, 0.1) is 12.3 Å². The van der Waals surface area contributed by atoms with Crippen LogP contribution in [0.3, 0.4) is 0 Å². The Morgan fingerprint density at radius 3 is 2.55 bits per heavy atom. The molecule has 2 heterocycles. The number of carbonyl (C=O) groups excluding carboxylic acids is 1. The number of hydrogen-bond acceptors (Lipinski definition) is 3. The molecule has 5 nitrogen and oxygen atoms in total. The molecule has 0 aromatic carbocycles. The Morgan fingerprint density at radius 1 is 1.40 bits per heavy atom. The second-order valence-electron chi connectivity index (χ2n) is 5.37. The van der Waals surface area contributed by atoms with Crippen molar-refractivity contribution in [1.29, 1.82) is 0 Å². The van der Waals surface area contributed by atoms with Crippen LogP contribution in [0.1, 0.15) is 42.2 Å². The largest absolute Gasteiger partial charge is 0.481 e. The van der Waals surface area contributed by atoms with Crippen LogP contribution in [0.25, 0.3) is 0 Å². The van der Waals surface area contributed by atoms with Crippen molar-refractivity contribution in [3.63, 3.8) is 0 Å². The maximum absolute atomic E-state index is 12.4. The Morgan fingerprint density at radius 2 is 2.05 bits per heavy atom. The number of aliphatic carboxylic acids is 1. The first-order valence-electron chi connectivity index (χ1n) is 6.94. The lowest BCUT2D eigenvalue weighted by Crippen LogP contribution is -2.46. The van der Waals surface area contributed by atoms with Gasteiger partial charge in [-0.25, -0.2) is 0 Å². The molecule has 1 aliphatic rings. The van der Waals surface area contributed by atoms with Crippen LogP contribution in [0.2, 0.25) is 0 Å². The van der Waals surface area contributed by atoms with E-state index in [1.165, 1.54) is 0 Å². The monoisotopic (exact) mass is 276 g/mol. The fourth-order valence-electron chi connectivity index (χ4n) is 2.74. The lowest BCUT2D eigenvalue weighted by molar-refractivity contribution is -0.152. The summed E-state index contributed by atoms with van der Waals surface area (Å²) in [5.74, 6) is -0.796. The SMILES string of the molecule is CCC1(C(=O)O)CCN(C(=O)c2cccnc2C)CC1. The maximum atomic E-state index is 12.4. The first-order valence-corrected chi connectivity index (χ1v) is 6.94. The zero-order chi connectivity index (χ0) is 14.8. The Balaban J connectivity index is 2.10. The van der Waals surface area contributed by atoms with Crippen LogP contribution in [-0.2, 0) is 4.79 Å². The van der Waals surface area contributed by atoms with E-state index < -0.39 is 11.4 Å². The number of rotatable bonds is 3. The molecular formula is C15H20N2O3. The van der Waals surface area contributed by atoms with Crippen LogP contribution in [0.15, 0.2) is 18.3 Å². The van der Waals surface area contributed by atoms with Crippen molar-refractivity contribution < 1.29 is 14.7 Å². The minimum atomic E-state index is -0.746. The standard InChI is InChI=1S/C15H20N2O3/c1-3-15(14(19)20)6-9-17(10-7-15)13(18)12-5-4-8-16-11(12)2/h4-5,8H,3,6-7,9-10H2,1-2H3,(H,19,20). The van der Waals surface area contributed by atoms with Crippen molar-refractivity contribution in [1.82, 2.24) is 9.88 Å². The molecule has 0 aliphatic carbocycles. The van der Waals surface area contributed by atoms with Crippen molar-refractivity contribution in [3.8, 4) is 0 Å². The van der Waals surface area contributed by atoms with Crippen LogP contribution < -0.4 is 0 Å². The van der Waals surface area contributed by atoms with Gasteiger partial charge in [-0.3, -0.25) is 14.6 Å². The summed E-state index contributed by atoms with van der Waals surface area (Å²) in [7, 11) is 0. The van der Waals surface area contributed by atoms with Gasteiger partial charge in [0, 0.05) is 25.0 Å². The molecule has 2 rings (SSSR count). The summed E-state index contributed by atoms with van der Waals surface area (Å²) in [4.78, 5) is 29.7. The molecule has 108 valence electrons. The van der Waals surface area contributed by atoms with Crippen molar-refractivity contribution in [2.45, 2.75) is 33.1 Å². The van der Waals surface area contributed by atoms with Gasteiger partial charge in [-0.1, -0.05) is 6.92 Å². The summed E-state index contributed by atoms with van der Waals surface area (Å²) >= 11 is 0. The summed E-state index contributed by atoms with van der Waals surface area (Å²) in [6.07, 6.45) is 3.30. The van der Waals surface area contributed by atoms with E-state index in [2.05, 4.69) is 4.98 Å². The summed E-state index contributed by atoms with van der Waals surface area (Å²) in [5, 5.41) is 9.36. The fraction of sp³-hybridized carbons (Fsp3) is 0.533. The highest BCUT2D eigenvalue weighted by Gasteiger charge is 2.41. The molecular weight excluding hydrogens is 256 g/mol. The van der Waals surface area contributed by atoms with E-state index in [0.29, 0.717) is 43.6 Å². The molecule has 1 fully saturated rings. The highest BCUT2D eigenvalue weighted by atomic mass is 16.4. The second kappa shape index (κ2) is 5.61. The number of nitrogens with zero attached hydrogens (tertiary/aromatic N) is 2. The predicted molar refractivity (Wildman–Crippen MR) is 74.5 cm³/mol. The van der Waals surface area contributed by atoms with Gasteiger partial charge in [0.2, 0.25) is 0 Å². The van der Waals surface area contributed by atoms with Gasteiger partial charge in [-0.05, 0) is 38.3 Å². The minimum absolute atomic E-state index is 0.0503. The molecule has 5 heteroatoms. The van der Waals surface area contributed by atoms with E-state index in [4.69, 9.17) is 0 Å². The maximum Gasteiger partial charge on any atom is 0.309 e. The van der Waals surface area contributed by atoms with Crippen LogP contribution in [0.4, 0.5) is 0 Å². The van der Waals surface area contributed by atoms with Crippen molar-refractivity contribution >= 4 is 11.9 Å². The number of piperidine rings is 1. The van der Waals surface area contributed by atoms with Crippen molar-refractivity contribution in [3.05, 3.63) is 29.6 Å². The van der Waals surface area contributed by atoms with Gasteiger partial charge in [0.15, 0.2) is 0 Å². The third-order valence-electron chi connectivity index (χ3n) is 4.38. The summed E-state index contributed by atoms with van der Waals surface area (Å²) in [6.45, 7) is 4.70. The van der Waals surface area contributed by atoms with E-state index >= 15 is 0 Å². The molecule has 1 aliphatic heterocycles. The second-order valence-corrected chi connectivity index (χ2v) is 5.37. The van der Waals surface area contributed by atoms with E-state index in [1.54, 1.807) is 23.2 Å². The number of aryl methyl sites for hydroxylation is 1. The van der Waals surface area contributed by atoms with Gasteiger partial charge in [0.25, 0.3) is 5.91 Å². The van der Waals surface area contributed by atoms with E-state index in [1.807, 2.05) is 13.8 Å². The molecule has 1 aromatic heterocycles. The zero-order valence-electron chi connectivity index (χ0n) is 11.9. The molecule has 1 N–H and O–H groups in total. The number of pyridine rings is 1. The average molecular weight is 276 g/mol. The van der Waals surface area contributed by atoms with Crippen molar-refractivity contribution in [2.75, 3.05) is 13.1 Å². The molecule has 0 atom stereocenters. The van der Waals surface area contributed by atoms with Crippen LogP contribution in [0.5, 0.6) is 0 Å². The fourth-order valence-corrected chi connectivity index (χ4v) is 2.74. The summed E-state index contributed by atoms with van der Waals surface area (Å²) in [5.41, 5.74) is 0.649. The first-order chi connectivity index (χ1) is 9.50. The number of likely N-dealkylation sites (tertiary alicyclic amines) is 1. The number of carbonyl (C=O) groups is 2. The van der Waals surface area contributed by atoms with Gasteiger partial charge < -0.3 is 10.0 Å². The third kappa shape index (κ3) is 2.53. The minimum Gasteiger partial charge on any atom is -0.481 e. The number of carboxylic acid groups (broad SMARTS) is 1. The predicted octanol–water partition coefficient (Wildman–Crippen LogP) is 2.11. The van der Waals surface area contributed by atoms with Gasteiger partial charge in [-0.15, -0.1) is 0 Å². The Bertz CT molecular complexity index is 520. The van der Waals surface area contributed by atoms with Gasteiger partial charge in [0.1, 0.15) is 0 Å². The number of aromatic nitrogens is 1. The van der Waals surface area contributed by atoms with E-state index in [9.17, 15) is 14.7 Å². The molecule has 0 unspecified atom stereocenters. The quantitative estimate of drug-likeness (QED) is 0.918. The molecule has 20 heavy (non-hydrogen) atoms. The van der Waals surface area contributed by atoms with Crippen molar-refractivity contribution in [2.24, 2.45) is 5.41 Å². The van der Waals surface area contributed by atoms with Gasteiger partial charge in [-0.2, -0.15) is 0 Å². The molecule has 1 aromatic rings. The van der Waals surface area contributed by atoms with E-state index in [-0.39, 0.29) is 5.91 Å².